The Morgan fingerprint density at radius 2 is 1.64 bits per heavy atom. The maximum absolute atomic E-state index is 5.91. The Morgan fingerprint density at radius 1 is 0.800 bits per heavy atom. The van der Waals surface area contributed by atoms with Crippen LogP contribution in [0.25, 0.3) is 33.5 Å². The van der Waals surface area contributed by atoms with Crippen molar-refractivity contribution in [1.29, 1.82) is 0 Å². The second-order valence-corrected chi connectivity index (χ2v) is 6.24. The second kappa shape index (κ2) is 5.71. The lowest BCUT2D eigenvalue weighted by atomic mass is 10.2. The molecule has 3 aromatic heterocycles. The van der Waals surface area contributed by atoms with E-state index in [-0.39, 0.29) is 0 Å². The Balaban J connectivity index is 1.55. The first kappa shape index (κ1) is 14.2. The molecule has 0 amide bonds. The molecule has 5 rings (SSSR count). The summed E-state index contributed by atoms with van der Waals surface area (Å²) in [5.74, 6) is 0.470. The molecule has 7 heteroatoms. The number of rotatable bonds is 3. The van der Waals surface area contributed by atoms with Crippen LogP contribution in [0.4, 0.5) is 0 Å². The molecule has 0 aliphatic rings. The van der Waals surface area contributed by atoms with Gasteiger partial charge in [0.15, 0.2) is 10.6 Å². The van der Waals surface area contributed by atoms with E-state index in [1.54, 1.807) is 0 Å². The van der Waals surface area contributed by atoms with Gasteiger partial charge in [0.05, 0.1) is 0 Å². The standard InChI is InChI=1S/C18H10N4O2S/c1-2-6-11(7-3-1)16-21-22-18(24-16)25-17-15-14(19-10-20-17)12-8-4-5-9-13(12)23-15/h1-10H. The molecule has 2 aromatic carbocycles. The lowest BCUT2D eigenvalue weighted by Crippen LogP contribution is -1.84. The van der Waals surface area contributed by atoms with Crippen LogP contribution in [0.1, 0.15) is 0 Å². The average Bonchev–Trinajstić information content (AvgIpc) is 3.28. The Labute approximate surface area is 145 Å². The van der Waals surface area contributed by atoms with Gasteiger partial charge in [-0.2, -0.15) is 0 Å². The van der Waals surface area contributed by atoms with Crippen molar-refractivity contribution in [3.05, 3.63) is 60.9 Å². The minimum absolute atomic E-state index is 0.402. The summed E-state index contributed by atoms with van der Waals surface area (Å²) in [6.07, 6.45) is 1.51. The fourth-order valence-corrected chi connectivity index (χ4v) is 3.31. The number of hydrogen-bond donors (Lipinski definition) is 0. The maximum Gasteiger partial charge on any atom is 0.283 e. The summed E-state index contributed by atoms with van der Waals surface area (Å²) in [7, 11) is 0. The fraction of sp³-hybridized carbons (Fsp3) is 0. The quantitative estimate of drug-likeness (QED) is 0.443. The van der Waals surface area contributed by atoms with E-state index in [0.29, 0.717) is 21.7 Å². The van der Waals surface area contributed by atoms with Crippen molar-refractivity contribution in [3.63, 3.8) is 0 Å². The highest BCUT2D eigenvalue weighted by Crippen LogP contribution is 2.35. The monoisotopic (exact) mass is 346 g/mol. The summed E-state index contributed by atoms with van der Waals surface area (Å²) in [5.41, 5.74) is 3.04. The summed E-state index contributed by atoms with van der Waals surface area (Å²) in [4.78, 5) is 8.65. The number of para-hydroxylation sites is 1. The Hall–Kier alpha value is -3.19. The smallest absolute Gasteiger partial charge is 0.283 e. The molecule has 0 saturated heterocycles. The molecule has 6 nitrogen and oxygen atoms in total. The van der Waals surface area contributed by atoms with Gasteiger partial charge in [-0.05, 0) is 36.0 Å². The van der Waals surface area contributed by atoms with Crippen molar-refractivity contribution < 1.29 is 8.83 Å². The predicted octanol–water partition coefficient (Wildman–Crippen LogP) is 4.58. The van der Waals surface area contributed by atoms with E-state index in [1.807, 2.05) is 54.6 Å². The van der Waals surface area contributed by atoms with Crippen molar-refractivity contribution >= 4 is 33.8 Å². The number of furan rings is 1. The van der Waals surface area contributed by atoms with Crippen LogP contribution in [0, 0.1) is 0 Å². The van der Waals surface area contributed by atoms with Crippen LogP contribution < -0.4 is 0 Å². The molecule has 0 N–H and O–H groups in total. The normalized spacial score (nSPS) is 11.4. The van der Waals surface area contributed by atoms with Crippen LogP contribution in [0.3, 0.4) is 0 Å². The summed E-state index contributed by atoms with van der Waals surface area (Å²) in [6.45, 7) is 0. The highest BCUT2D eigenvalue weighted by molar-refractivity contribution is 7.99. The van der Waals surface area contributed by atoms with Gasteiger partial charge in [-0.15, -0.1) is 10.2 Å². The Bertz CT molecular complexity index is 1180. The fourth-order valence-electron chi connectivity index (χ4n) is 2.61. The number of nitrogens with zero attached hydrogens (tertiary/aromatic N) is 4. The molecule has 120 valence electrons. The minimum Gasteiger partial charge on any atom is -0.451 e. The van der Waals surface area contributed by atoms with Crippen LogP contribution in [0.5, 0.6) is 0 Å². The molecule has 0 aliphatic heterocycles. The first-order chi connectivity index (χ1) is 12.4. The number of fused-ring (bicyclic) bond motifs is 3. The van der Waals surface area contributed by atoms with Gasteiger partial charge in [0, 0.05) is 10.9 Å². The second-order valence-electron chi connectivity index (χ2n) is 5.30. The maximum atomic E-state index is 5.91. The van der Waals surface area contributed by atoms with Gasteiger partial charge < -0.3 is 8.83 Å². The molecule has 5 aromatic rings. The summed E-state index contributed by atoms with van der Waals surface area (Å²) in [6, 6.07) is 17.4. The average molecular weight is 346 g/mol. The SMILES string of the molecule is c1ccc(-c2nnc(Sc3ncnc4c3oc3ccccc34)o2)cc1. The number of aromatic nitrogens is 4. The van der Waals surface area contributed by atoms with Crippen molar-refractivity contribution in [1.82, 2.24) is 20.2 Å². The van der Waals surface area contributed by atoms with Gasteiger partial charge >= 0.3 is 0 Å². The molecule has 0 aliphatic carbocycles. The zero-order chi connectivity index (χ0) is 16.6. The third kappa shape index (κ3) is 2.45. The van der Waals surface area contributed by atoms with E-state index < -0.39 is 0 Å². The highest BCUT2D eigenvalue weighted by Gasteiger charge is 2.17. The van der Waals surface area contributed by atoms with Gasteiger partial charge in [-0.25, -0.2) is 9.97 Å². The van der Waals surface area contributed by atoms with Gasteiger partial charge in [0.1, 0.15) is 17.4 Å². The molecular formula is C18H10N4O2S. The molecule has 0 fully saturated rings. The Kier molecular flexibility index (Phi) is 3.24. The molecule has 25 heavy (non-hydrogen) atoms. The lowest BCUT2D eigenvalue weighted by molar-refractivity contribution is 0.465. The summed E-state index contributed by atoms with van der Waals surface area (Å²) < 4.78 is 11.6. The third-order valence-corrected chi connectivity index (χ3v) is 4.56. The number of benzene rings is 2. The third-order valence-electron chi connectivity index (χ3n) is 3.74. The zero-order valence-corrected chi connectivity index (χ0v) is 13.6. The minimum atomic E-state index is 0.402. The summed E-state index contributed by atoms with van der Waals surface area (Å²) >= 11 is 1.26. The molecule has 0 spiro atoms. The van der Waals surface area contributed by atoms with Crippen molar-refractivity contribution in [2.24, 2.45) is 0 Å². The van der Waals surface area contributed by atoms with Gasteiger partial charge in [0.2, 0.25) is 5.89 Å². The molecular weight excluding hydrogens is 336 g/mol. The highest BCUT2D eigenvalue weighted by atomic mass is 32.2. The van der Waals surface area contributed by atoms with E-state index in [4.69, 9.17) is 8.83 Å². The molecule has 0 radical (unpaired) electrons. The van der Waals surface area contributed by atoms with Crippen LogP contribution in [-0.2, 0) is 0 Å². The van der Waals surface area contributed by atoms with E-state index in [0.717, 1.165) is 22.0 Å². The topological polar surface area (TPSA) is 77.8 Å². The zero-order valence-electron chi connectivity index (χ0n) is 12.8. The van der Waals surface area contributed by atoms with Crippen molar-refractivity contribution in [2.75, 3.05) is 0 Å². The first-order valence-electron chi connectivity index (χ1n) is 7.57. The molecule has 0 unspecified atom stereocenters. The largest absolute Gasteiger partial charge is 0.451 e. The van der Waals surface area contributed by atoms with Crippen LogP contribution in [0.15, 0.2) is 80.0 Å². The van der Waals surface area contributed by atoms with E-state index in [9.17, 15) is 0 Å². The van der Waals surface area contributed by atoms with Crippen LogP contribution in [-0.4, -0.2) is 20.2 Å². The van der Waals surface area contributed by atoms with E-state index >= 15 is 0 Å². The van der Waals surface area contributed by atoms with Gasteiger partial charge in [0.25, 0.3) is 5.22 Å². The van der Waals surface area contributed by atoms with Crippen LogP contribution in [0.2, 0.25) is 0 Å². The molecule has 0 bridgehead atoms. The Morgan fingerprint density at radius 3 is 2.56 bits per heavy atom. The van der Waals surface area contributed by atoms with Crippen molar-refractivity contribution in [2.45, 2.75) is 10.2 Å². The molecule has 0 saturated carbocycles. The molecule has 0 atom stereocenters. The van der Waals surface area contributed by atoms with Crippen LogP contribution >= 0.6 is 11.8 Å². The van der Waals surface area contributed by atoms with Gasteiger partial charge in [-0.3, -0.25) is 0 Å². The molecule has 3 heterocycles. The first-order valence-corrected chi connectivity index (χ1v) is 8.39. The van der Waals surface area contributed by atoms with Crippen molar-refractivity contribution in [3.8, 4) is 11.5 Å². The lowest BCUT2D eigenvalue weighted by Gasteiger charge is -1.96. The van der Waals surface area contributed by atoms with E-state index in [2.05, 4.69) is 20.2 Å². The predicted molar refractivity (Wildman–Crippen MR) is 93.2 cm³/mol. The number of hydrogen-bond acceptors (Lipinski definition) is 7. The van der Waals surface area contributed by atoms with E-state index in [1.165, 1.54) is 18.1 Å². The van der Waals surface area contributed by atoms with Gasteiger partial charge in [-0.1, -0.05) is 30.3 Å². The summed E-state index contributed by atoms with van der Waals surface area (Å²) in [5, 5.41) is 10.2.